The highest BCUT2D eigenvalue weighted by atomic mass is 35.5. The zero-order chi connectivity index (χ0) is 14.6. The van der Waals surface area contributed by atoms with Crippen molar-refractivity contribution in [3.63, 3.8) is 0 Å². The Kier molecular flexibility index (Phi) is 5.29. The number of nitrogens with zero attached hydrogens (tertiary/aromatic N) is 1. The van der Waals surface area contributed by atoms with Gasteiger partial charge >= 0.3 is 5.97 Å². The van der Waals surface area contributed by atoms with Gasteiger partial charge in [-0.05, 0) is 45.4 Å². The van der Waals surface area contributed by atoms with Crippen LogP contribution in [0.5, 0.6) is 0 Å². The van der Waals surface area contributed by atoms with E-state index in [1.165, 1.54) is 0 Å². The molecule has 2 unspecified atom stereocenters. The Morgan fingerprint density at radius 1 is 1.70 bits per heavy atom. The lowest BCUT2D eigenvalue weighted by atomic mass is 9.98. The first kappa shape index (κ1) is 15.6. The van der Waals surface area contributed by atoms with Gasteiger partial charge in [0.25, 0.3) is 0 Å². The molecule has 0 aliphatic heterocycles. The van der Waals surface area contributed by atoms with Crippen molar-refractivity contribution in [2.24, 2.45) is 0 Å². The summed E-state index contributed by atoms with van der Waals surface area (Å²) in [6, 6.07) is 3.65. The minimum Gasteiger partial charge on any atom is -0.465 e. The number of hydrogen-bond donors (Lipinski definition) is 1. The average molecular weight is 315 g/mol. The van der Waals surface area contributed by atoms with Gasteiger partial charge in [-0.3, -0.25) is 4.79 Å². The Morgan fingerprint density at radius 2 is 2.50 bits per heavy atom. The monoisotopic (exact) mass is 314 g/mol. The molecule has 20 heavy (non-hydrogen) atoms. The van der Waals surface area contributed by atoms with Crippen LogP contribution in [0.1, 0.15) is 26.2 Å². The van der Waals surface area contributed by atoms with Crippen LogP contribution in [0.2, 0.25) is 5.02 Å². The summed E-state index contributed by atoms with van der Waals surface area (Å²) in [6.07, 6.45) is 4.20. The molecule has 1 fully saturated rings. The second-order valence-corrected chi connectivity index (χ2v) is 6.52. The zero-order valence-electron chi connectivity index (χ0n) is 11.7. The van der Waals surface area contributed by atoms with E-state index in [0.29, 0.717) is 16.9 Å². The normalized spacial score (nSPS) is 25.6. The zero-order valence-corrected chi connectivity index (χ0v) is 13.3. The van der Waals surface area contributed by atoms with E-state index in [1.54, 1.807) is 18.0 Å². The summed E-state index contributed by atoms with van der Waals surface area (Å²) in [5.74, 6) is -0.155. The Bertz CT molecular complexity index is 486. The van der Waals surface area contributed by atoms with Crippen LogP contribution in [0.15, 0.2) is 23.4 Å². The predicted molar refractivity (Wildman–Crippen MR) is 81.2 cm³/mol. The van der Waals surface area contributed by atoms with Gasteiger partial charge in [-0.2, -0.15) is 0 Å². The maximum Gasteiger partial charge on any atom is 0.326 e. The number of nitrogens with one attached hydrogen (secondary N) is 1. The highest BCUT2D eigenvalue weighted by Crippen LogP contribution is 2.41. The molecule has 2 rings (SSSR count). The molecular formula is C14H19ClN2O2S. The number of ether oxygens (including phenoxy) is 1. The number of thioether (sulfide) groups is 1. The molecule has 1 aliphatic rings. The van der Waals surface area contributed by atoms with Crippen LogP contribution in [-0.4, -0.2) is 35.4 Å². The van der Waals surface area contributed by atoms with E-state index >= 15 is 0 Å². The summed E-state index contributed by atoms with van der Waals surface area (Å²) in [5.41, 5.74) is -0.561. The molecule has 1 aromatic heterocycles. The van der Waals surface area contributed by atoms with Crippen LogP contribution in [0.3, 0.4) is 0 Å². The molecule has 110 valence electrons. The molecule has 1 saturated carbocycles. The van der Waals surface area contributed by atoms with Crippen LogP contribution in [0.4, 0.5) is 0 Å². The first-order valence-corrected chi connectivity index (χ1v) is 8.00. The standard InChI is InChI=1S/C14H19ClN2O2S/c1-3-19-13(18)14(16-2)7-6-10(9-14)20-12-11(15)5-4-8-17-12/h4-5,8,10,16H,3,6-7,9H2,1-2H3. The van der Waals surface area contributed by atoms with Crippen molar-refractivity contribution in [2.75, 3.05) is 13.7 Å². The molecule has 0 saturated heterocycles. The lowest BCUT2D eigenvalue weighted by Crippen LogP contribution is -2.49. The number of aromatic nitrogens is 1. The van der Waals surface area contributed by atoms with Gasteiger partial charge in [-0.1, -0.05) is 11.6 Å². The topological polar surface area (TPSA) is 51.2 Å². The molecule has 6 heteroatoms. The fourth-order valence-corrected chi connectivity index (χ4v) is 3.98. The fraction of sp³-hybridized carbons (Fsp3) is 0.571. The van der Waals surface area contributed by atoms with Crippen molar-refractivity contribution in [2.45, 2.75) is 42.0 Å². The summed E-state index contributed by atoms with van der Waals surface area (Å²) < 4.78 is 5.19. The first-order valence-electron chi connectivity index (χ1n) is 6.74. The molecule has 0 spiro atoms. The molecule has 0 amide bonds. The fourth-order valence-electron chi connectivity index (χ4n) is 2.50. The lowest BCUT2D eigenvalue weighted by molar-refractivity contribution is -0.150. The number of pyridine rings is 1. The highest BCUT2D eigenvalue weighted by Gasteiger charge is 2.45. The highest BCUT2D eigenvalue weighted by molar-refractivity contribution is 8.00. The van der Waals surface area contributed by atoms with E-state index in [0.717, 1.165) is 24.3 Å². The van der Waals surface area contributed by atoms with E-state index in [4.69, 9.17) is 16.3 Å². The number of carbonyl (C=O) groups is 1. The Labute approximate surface area is 128 Å². The van der Waals surface area contributed by atoms with Gasteiger partial charge in [0, 0.05) is 11.4 Å². The third-order valence-electron chi connectivity index (χ3n) is 3.62. The quantitative estimate of drug-likeness (QED) is 0.847. The van der Waals surface area contributed by atoms with Crippen LogP contribution < -0.4 is 5.32 Å². The van der Waals surface area contributed by atoms with Crippen molar-refractivity contribution in [3.8, 4) is 0 Å². The largest absolute Gasteiger partial charge is 0.465 e. The summed E-state index contributed by atoms with van der Waals surface area (Å²) in [5, 5.41) is 4.96. The van der Waals surface area contributed by atoms with Crippen LogP contribution in [-0.2, 0) is 9.53 Å². The molecule has 1 aliphatic carbocycles. The first-order chi connectivity index (χ1) is 9.61. The van der Waals surface area contributed by atoms with E-state index in [1.807, 2.05) is 26.1 Å². The second-order valence-electron chi connectivity index (χ2n) is 4.83. The molecule has 1 heterocycles. The third kappa shape index (κ3) is 3.27. The Morgan fingerprint density at radius 3 is 3.15 bits per heavy atom. The molecule has 1 aromatic rings. The van der Waals surface area contributed by atoms with Crippen molar-refractivity contribution in [1.29, 1.82) is 0 Å². The van der Waals surface area contributed by atoms with Crippen LogP contribution in [0.25, 0.3) is 0 Å². The Balaban J connectivity index is 2.04. The maximum absolute atomic E-state index is 12.1. The predicted octanol–water partition coefficient (Wildman–Crippen LogP) is 2.90. The summed E-state index contributed by atoms with van der Waals surface area (Å²) in [6.45, 7) is 2.24. The van der Waals surface area contributed by atoms with E-state index in [-0.39, 0.29) is 5.97 Å². The summed E-state index contributed by atoms with van der Waals surface area (Å²) in [4.78, 5) is 16.4. The number of esters is 1. The molecular weight excluding hydrogens is 296 g/mol. The number of halogens is 1. The van der Waals surface area contributed by atoms with Crippen LogP contribution in [0, 0.1) is 0 Å². The van der Waals surface area contributed by atoms with Crippen LogP contribution >= 0.6 is 23.4 Å². The smallest absolute Gasteiger partial charge is 0.326 e. The van der Waals surface area contributed by atoms with Crippen molar-refractivity contribution in [3.05, 3.63) is 23.4 Å². The lowest BCUT2D eigenvalue weighted by Gasteiger charge is -2.26. The number of carbonyl (C=O) groups excluding carboxylic acids is 1. The van der Waals surface area contributed by atoms with Crippen molar-refractivity contribution in [1.82, 2.24) is 10.3 Å². The number of hydrogen-bond acceptors (Lipinski definition) is 5. The molecule has 4 nitrogen and oxygen atoms in total. The van der Waals surface area contributed by atoms with Gasteiger partial charge in [0.05, 0.1) is 11.6 Å². The SMILES string of the molecule is CCOC(=O)C1(NC)CCC(Sc2ncccc2Cl)C1. The third-order valence-corrected chi connectivity index (χ3v) is 5.32. The molecule has 0 aromatic carbocycles. The summed E-state index contributed by atoms with van der Waals surface area (Å²) >= 11 is 7.77. The van der Waals surface area contributed by atoms with Gasteiger partial charge in [-0.15, -0.1) is 11.8 Å². The minimum atomic E-state index is -0.561. The maximum atomic E-state index is 12.1. The molecule has 0 bridgehead atoms. The average Bonchev–Trinajstić information content (AvgIpc) is 2.86. The number of rotatable bonds is 5. The van der Waals surface area contributed by atoms with E-state index in [2.05, 4.69) is 10.3 Å². The molecule has 1 N–H and O–H groups in total. The van der Waals surface area contributed by atoms with Gasteiger partial charge in [0.1, 0.15) is 10.6 Å². The Hall–Kier alpha value is -0.780. The molecule has 0 radical (unpaired) electrons. The van der Waals surface area contributed by atoms with Gasteiger partial charge in [0.15, 0.2) is 0 Å². The molecule has 2 atom stereocenters. The van der Waals surface area contributed by atoms with Gasteiger partial charge in [0.2, 0.25) is 0 Å². The van der Waals surface area contributed by atoms with Crippen molar-refractivity contribution < 1.29 is 9.53 Å². The van der Waals surface area contributed by atoms with E-state index < -0.39 is 5.54 Å². The second kappa shape index (κ2) is 6.78. The van der Waals surface area contributed by atoms with Crippen molar-refractivity contribution >= 4 is 29.3 Å². The van der Waals surface area contributed by atoms with Gasteiger partial charge in [-0.25, -0.2) is 4.98 Å². The summed E-state index contributed by atoms with van der Waals surface area (Å²) in [7, 11) is 1.82. The minimum absolute atomic E-state index is 0.155. The van der Waals surface area contributed by atoms with Gasteiger partial charge < -0.3 is 10.1 Å². The van der Waals surface area contributed by atoms with E-state index in [9.17, 15) is 4.79 Å². The number of likely N-dealkylation sites (N-methyl/N-ethyl adjacent to an activating group) is 1.